The van der Waals surface area contributed by atoms with Gasteiger partial charge in [0.05, 0.1) is 19.2 Å². The number of hydrogen-bond acceptors (Lipinski definition) is 3. The Morgan fingerprint density at radius 3 is 2.55 bits per heavy atom. The first-order chi connectivity index (χ1) is 9.56. The van der Waals surface area contributed by atoms with Gasteiger partial charge in [0, 0.05) is 6.54 Å². The van der Waals surface area contributed by atoms with Crippen LogP contribution in [0.1, 0.15) is 31.9 Å². The smallest absolute Gasteiger partial charge is 0.234 e. The van der Waals surface area contributed by atoms with Crippen LogP contribution < -0.4 is 5.32 Å². The predicted octanol–water partition coefficient (Wildman–Crippen LogP) is 1.71. The standard InChI is InChI=1S/C15H23FN2O2/c1-3-8-18(9-10-19)11-15(20)17-12(2)13-4-6-14(16)7-5-13/h4-7,12,19H,3,8-11H2,1-2H3,(H,17,20). The first-order valence-electron chi connectivity index (χ1n) is 6.94. The molecule has 1 aromatic carbocycles. The summed E-state index contributed by atoms with van der Waals surface area (Å²) in [6.07, 6.45) is 0.931. The fourth-order valence-electron chi connectivity index (χ4n) is 2.05. The molecule has 0 spiro atoms. The van der Waals surface area contributed by atoms with Gasteiger partial charge in [0.25, 0.3) is 0 Å². The van der Waals surface area contributed by atoms with E-state index in [9.17, 15) is 9.18 Å². The Hall–Kier alpha value is -1.46. The number of nitrogens with zero attached hydrogens (tertiary/aromatic N) is 1. The fraction of sp³-hybridized carbons (Fsp3) is 0.533. The van der Waals surface area contributed by atoms with Crippen molar-refractivity contribution in [1.82, 2.24) is 10.2 Å². The number of aliphatic hydroxyl groups is 1. The highest BCUT2D eigenvalue weighted by Gasteiger charge is 2.13. The van der Waals surface area contributed by atoms with Gasteiger partial charge in [0.2, 0.25) is 5.91 Å². The second kappa shape index (κ2) is 8.66. The van der Waals surface area contributed by atoms with Gasteiger partial charge < -0.3 is 10.4 Å². The molecule has 5 heteroatoms. The molecule has 0 aromatic heterocycles. The molecule has 0 radical (unpaired) electrons. The second-order valence-electron chi connectivity index (χ2n) is 4.84. The Kier molecular flexibility index (Phi) is 7.18. The number of amides is 1. The van der Waals surface area contributed by atoms with Gasteiger partial charge in [-0.05, 0) is 37.6 Å². The molecule has 0 saturated heterocycles. The van der Waals surface area contributed by atoms with Crippen molar-refractivity contribution < 1.29 is 14.3 Å². The SMILES string of the molecule is CCCN(CCO)CC(=O)NC(C)c1ccc(F)cc1. The Balaban J connectivity index is 2.49. The first kappa shape index (κ1) is 16.6. The number of rotatable bonds is 8. The van der Waals surface area contributed by atoms with E-state index in [1.54, 1.807) is 12.1 Å². The summed E-state index contributed by atoms with van der Waals surface area (Å²) in [5, 5.41) is 11.8. The molecule has 0 aliphatic rings. The lowest BCUT2D eigenvalue weighted by atomic mass is 10.1. The maximum Gasteiger partial charge on any atom is 0.234 e. The zero-order valence-electron chi connectivity index (χ0n) is 12.1. The molecule has 0 aliphatic carbocycles. The van der Waals surface area contributed by atoms with Crippen molar-refractivity contribution in [3.63, 3.8) is 0 Å². The third-order valence-corrected chi connectivity index (χ3v) is 3.07. The number of nitrogens with one attached hydrogen (secondary N) is 1. The quantitative estimate of drug-likeness (QED) is 0.763. The van der Waals surface area contributed by atoms with Crippen LogP contribution in [0.15, 0.2) is 24.3 Å². The summed E-state index contributed by atoms with van der Waals surface area (Å²) in [5.41, 5.74) is 0.865. The molecule has 0 fully saturated rings. The molecule has 1 aromatic rings. The van der Waals surface area contributed by atoms with Crippen LogP contribution in [0.4, 0.5) is 4.39 Å². The normalized spacial score (nSPS) is 12.4. The average Bonchev–Trinajstić information content (AvgIpc) is 2.39. The van der Waals surface area contributed by atoms with Gasteiger partial charge in [-0.1, -0.05) is 19.1 Å². The van der Waals surface area contributed by atoms with Crippen molar-refractivity contribution >= 4 is 5.91 Å². The van der Waals surface area contributed by atoms with Crippen LogP contribution in [0.25, 0.3) is 0 Å². The van der Waals surface area contributed by atoms with Crippen LogP contribution in [-0.2, 0) is 4.79 Å². The number of hydrogen-bond donors (Lipinski definition) is 2. The number of carbonyl (C=O) groups is 1. The molecule has 0 saturated carbocycles. The molecule has 20 heavy (non-hydrogen) atoms. The zero-order chi connectivity index (χ0) is 15.0. The predicted molar refractivity (Wildman–Crippen MR) is 76.8 cm³/mol. The van der Waals surface area contributed by atoms with E-state index in [-0.39, 0.29) is 30.9 Å². The van der Waals surface area contributed by atoms with Gasteiger partial charge in [-0.15, -0.1) is 0 Å². The van der Waals surface area contributed by atoms with E-state index >= 15 is 0 Å². The minimum atomic E-state index is -0.288. The monoisotopic (exact) mass is 282 g/mol. The molecule has 1 unspecified atom stereocenters. The van der Waals surface area contributed by atoms with Gasteiger partial charge in [0.15, 0.2) is 0 Å². The van der Waals surface area contributed by atoms with Crippen molar-refractivity contribution in [1.29, 1.82) is 0 Å². The van der Waals surface area contributed by atoms with Gasteiger partial charge in [-0.3, -0.25) is 9.69 Å². The third-order valence-electron chi connectivity index (χ3n) is 3.07. The maximum atomic E-state index is 12.8. The van der Waals surface area contributed by atoms with E-state index < -0.39 is 0 Å². The summed E-state index contributed by atoms with van der Waals surface area (Å²) in [7, 11) is 0. The van der Waals surface area contributed by atoms with E-state index in [4.69, 9.17) is 5.11 Å². The molecule has 0 heterocycles. The minimum absolute atomic E-state index is 0.0425. The molecule has 2 N–H and O–H groups in total. The summed E-state index contributed by atoms with van der Waals surface area (Å²) >= 11 is 0. The molecule has 1 amide bonds. The van der Waals surface area contributed by atoms with Gasteiger partial charge >= 0.3 is 0 Å². The van der Waals surface area contributed by atoms with E-state index in [0.717, 1.165) is 18.5 Å². The average molecular weight is 282 g/mol. The van der Waals surface area contributed by atoms with Crippen LogP contribution in [0.2, 0.25) is 0 Å². The highest BCUT2D eigenvalue weighted by molar-refractivity contribution is 5.78. The van der Waals surface area contributed by atoms with Crippen LogP contribution >= 0.6 is 0 Å². The summed E-state index contributed by atoms with van der Waals surface area (Å²) in [6.45, 7) is 5.47. The maximum absolute atomic E-state index is 12.8. The molecule has 1 atom stereocenters. The Morgan fingerprint density at radius 1 is 1.35 bits per heavy atom. The Bertz CT molecular complexity index is 403. The lowest BCUT2D eigenvalue weighted by molar-refractivity contribution is -0.123. The summed E-state index contributed by atoms with van der Waals surface area (Å²) in [4.78, 5) is 13.9. The highest BCUT2D eigenvalue weighted by Crippen LogP contribution is 2.12. The molecular formula is C15H23FN2O2. The topological polar surface area (TPSA) is 52.6 Å². The Morgan fingerprint density at radius 2 is 2.00 bits per heavy atom. The lowest BCUT2D eigenvalue weighted by Gasteiger charge is -2.21. The van der Waals surface area contributed by atoms with Crippen LogP contribution in [0.5, 0.6) is 0 Å². The van der Waals surface area contributed by atoms with Crippen molar-refractivity contribution in [2.24, 2.45) is 0 Å². The van der Waals surface area contributed by atoms with Gasteiger partial charge in [-0.2, -0.15) is 0 Å². The lowest BCUT2D eigenvalue weighted by Crippen LogP contribution is -2.39. The largest absolute Gasteiger partial charge is 0.395 e. The van der Waals surface area contributed by atoms with Crippen molar-refractivity contribution in [3.8, 4) is 0 Å². The van der Waals surface area contributed by atoms with Crippen molar-refractivity contribution in [2.45, 2.75) is 26.3 Å². The second-order valence-corrected chi connectivity index (χ2v) is 4.84. The summed E-state index contributed by atoms with van der Waals surface area (Å²) < 4.78 is 12.8. The molecule has 0 aliphatic heterocycles. The fourth-order valence-corrected chi connectivity index (χ4v) is 2.05. The first-order valence-corrected chi connectivity index (χ1v) is 6.94. The highest BCUT2D eigenvalue weighted by atomic mass is 19.1. The molecule has 4 nitrogen and oxygen atoms in total. The molecule has 1 rings (SSSR count). The number of halogens is 1. The minimum Gasteiger partial charge on any atom is -0.395 e. The third kappa shape index (κ3) is 5.67. The Labute approximate surface area is 119 Å². The van der Waals surface area contributed by atoms with Crippen molar-refractivity contribution in [2.75, 3.05) is 26.2 Å². The van der Waals surface area contributed by atoms with Crippen molar-refractivity contribution in [3.05, 3.63) is 35.6 Å². The summed E-state index contributed by atoms with van der Waals surface area (Å²) in [6, 6.07) is 5.93. The van der Waals surface area contributed by atoms with Gasteiger partial charge in [-0.25, -0.2) is 4.39 Å². The van der Waals surface area contributed by atoms with Crippen LogP contribution in [-0.4, -0.2) is 42.2 Å². The molecular weight excluding hydrogens is 259 g/mol. The van der Waals surface area contributed by atoms with E-state index in [1.165, 1.54) is 12.1 Å². The zero-order valence-corrected chi connectivity index (χ0v) is 12.1. The van der Waals surface area contributed by atoms with E-state index in [0.29, 0.717) is 6.54 Å². The van der Waals surface area contributed by atoms with Gasteiger partial charge in [0.1, 0.15) is 5.82 Å². The summed E-state index contributed by atoms with van der Waals surface area (Å²) in [5.74, 6) is -0.381. The van der Waals surface area contributed by atoms with Crippen LogP contribution in [0.3, 0.4) is 0 Å². The van der Waals surface area contributed by atoms with E-state index in [1.807, 2.05) is 18.7 Å². The van der Waals surface area contributed by atoms with Crippen LogP contribution in [0, 0.1) is 5.82 Å². The number of carbonyl (C=O) groups excluding carboxylic acids is 1. The van der Waals surface area contributed by atoms with E-state index in [2.05, 4.69) is 5.32 Å². The molecule has 0 bridgehead atoms. The molecule has 112 valence electrons. The number of benzene rings is 1. The number of aliphatic hydroxyl groups excluding tert-OH is 1.